The second kappa shape index (κ2) is 32.5. The van der Waals surface area contributed by atoms with E-state index in [4.69, 9.17) is 17.2 Å². The monoisotopic (exact) mass is 1020 g/mol. The van der Waals surface area contributed by atoms with Gasteiger partial charge < -0.3 is 80.4 Å². The number of benzene rings is 1. The fraction of sp³-hybridized carbons (Fsp3) is 0.600. The molecule has 1 heterocycles. The van der Waals surface area contributed by atoms with Crippen LogP contribution in [0.5, 0.6) is 5.75 Å². The number of hydrogen-bond donors (Lipinski definition) is 15. The number of phenols is 1. The van der Waals surface area contributed by atoms with Gasteiger partial charge in [-0.15, -0.1) is 0 Å². The number of aliphatic hydroxyl groups excluding tert-OH is 2. The summed E-state index contributed by atoms with van der Waals surface area (Å²) in [6.07, 6.45) is 5.91. The largest absolute Gasteiger partial charge is 0.508 e. The van der Waals surface area contributed by atoms with Crippen molar-refractivity contribution in [3.05, 3.63) is 29.8 Å². The highest BCUT2D eigenvalue weighted by Gasteiger charge is 2.35. The Balaban J connectivity index is 2.58. The summed E-state index contributed by atoms with van der Waals surface area (Å²) in [5.41, 5.74) is 16.3. The van der Waals surface area contributed by atoms with Gasteiger partial charge in [-0.25, -0.2) is 0 Å². The van der Waals surface area contributed by atoms with E-state index >= 15 is 0 Å². The number of nitrogens with one attached hydrogen (secondary N) is 9. The molecule has 0 bridgehead atoms. The molecule has 400 valence electrons. The first-order chi connectivity index (χ1) is 34.2. The Bertz CT molecular complexity index is 2060. The Morgan fingerprint density at radius 3 is 1.44 bits per heavy atom. The second-order valence-electron chi connectivity index (χ2n) is 17.2. The molecule has 72 heavy (non-hydrogen) atoms. The van der Waals surface area contributed by atoms with E-state index in [1.807, 2.05) is 0 Å². The lowest BCUT2D eigenvalue weighted by Crippen LogP contribution is -2.60. The minimum atomic E-state index is -1.95. The van der Waals surface area contributed by atoms with E-state index in [-0.39, 0.29) is 18.7 Å². The molecule has 7 atom stereocenters. The second-order valence-corrected chi connectivity index (χ2v) is 17.2. The van der Waals surface area contributed by atoms with Crippen molar-refractivity contribution in [2.45, 2.75) is 146 Å². The number of primary amides is 3. The highest BCUT2D eigenvalue weighted by atomic mass is 16.3. The molecule has 0 radical (unpaired) electrons. The average Bonchev–Trinajstić information content (AvgIpc) is 3.31. The smallest absolute Gasteiger partial charge is 0.245 e. The summed E-state index contributed by atoms with van der Waals surface area (Å²) in [6, 6.07) is -7.58. The van der Waals surface area contributed by atoms with Crippen LogP contribution in [0.2, 0.25) is 0 Å². The molecule has 1 aliphatic heterocycles. The van der Waals surface area contributed by atoms with E-state index in [9.17, 15) is 72.9 Å². The Labute approximate surface area is 415 Å². The number of aromatic hydroxyl groups is 1. The lowest BCUT2D eigenvalue weighted by atomic mass is 10.0. The van der Waals surface area contributed by atoms with Gasteiger partial charge in [0, 0.05) is 13.0 Å². The van der Waals surface area contributed by atoms with E-state index in [1.54, 1.807) is 0 Å². The van der Waals surface area contributed by atoms with Crippen LogP contribution in [0.4, 0.5) is 0 Å². The number of amides is 12. The molecule has 0 spiro atoms. The van der Waals surface area contributed by atoms with Crippen LogP contribution < -0.4 is 65.1 Å². The average molecular weight is 1020 g/mol. The van der Waals surface area contributed by atoms with E-state index in [0.29, 0.717) is 12.0 Å². The number of rotatable bonds is 22. The van der Waals surface area contributed by atoms with Gasteiger partial charge in [-0.2, -0.15) is 0 Å². The highest BCUT2D eigenvalue weighted by Crippen LogP contribution is 2.13. The number of carbonyl (C=O) groups excluding carboxylic acids is 12. The summed E-state index contributed by atoms with van der Waals surface area (Å²) in [5, 5.41) is 50.3. The topological polar surface area (TPSA) is 452 Å². The van der Waals surface area contributed by atoms with Crippen molar-refractivity contribution in [3.8, 4) is 5.75 Å². The first kappa shape index (κ1) is 60.7. The molecule has 1 aromatic carbocycles. The maximum atomic E-state index is 13.9. The molecular formula is C45H70N12O15. The van der Waals surface area contributed by atoms with Crippen molar-refractivity contribution in [1.82, 2.24) is 47.9 Å². The summed E-state index contributed by atoms with van der Waals surface area (Å²) in [6.45, 7) is -1.03. The molecule has 1 fully saturated rings. The molecule has 0 aliphatic carbocycles. The Kier molecular flexibility index (Phi) is 27.4. The van der Waals surface area contributed by atoms with Crippen molar-refractivity contribution >= 4 is 70.9 Å². The Hall–Kier alpha value is -7.42. The van der Waals surface area contributed by atoms with Crippen molar-refractivity contribution in [2.24, 2.45) is 17.2 Å². The molecule has 0 unspecified atom stereocenters. The van der Waals surface area contributed by atoms with Crippen LogP contribution in [0.1, 0.15) is 102 Å². The number of aliphatic hydroxyl groups is 2. The zero-order chi connectivity index (χ0) is 53.8. The fourth-order valence-electron chi connectivity index (χ4n) is 7.19. The van der Waals surface area contributed by atoms with Crippen LogP contribution >= 0.6 is 0 Å². The van der Waals surface area contributed by atoms with Crippen molar-refractivity contribution in [3.63, 3.8) is 0 Å². The van der Waals surface area contributed by atoms with Gasteiger partial charge >= 0.3 is 0 Å². The molecule has 2 rings (SSSR count). The fourth-order valence-corrected chi connectivity index (χ4v) is 7.19. The summed E-state index contributed by atoms with van der Waals surface area (Å²) < 4.78 is 0. The van der Waals surface area contributed by atoms with E-state index in [1.165, 1.54) is 37.1 Å². The molecule has 1 aromatic rings. The molecular weight excluding hydrogens is 949 g/mol. The summed E-state index contributed by atoms with van der Waals surface area (Å²) in [4.78, 5) is 158. The van der Waals surface area contributed by atoms with Crippen molar-refractivity contribution < 1.29 is 72.9 Å². The van der Waals surface area contributed by atoms with Gasteiger partial charge in [0.1, 0.15) is 48.0 Å². The highest BCUT2D eigenvalue weighted by molar-refractivity contribution is 6.00. The lowest BCUT2D eigenvalue weighted by Gasteiger charge is -2.26. The number of unbranched alkanes of at least 4 members (excludes halogenated alkanes) is 9. The van der Waals surface area contributed by atoms with Gasteiger partial charge in [0.05, 0.1) is 45.4 Å². The van der Waals surface area contributed by atoms with Gasteiger partial charge in [0.2, 0.25) is 70.9 Å². The Morgan fingerprint density at radius 2 is 0.931 bits per heavy atom. The summed E-state index contributed by atoms with van der Waals surface area (Å²) >= 11 is 0. The first-order valence-electron chi connectivity index (χ1n) is 23.7. The van der Waals surface area contributed by atoms with Gasteiger partial charge in [0.25, 0.3) is 0 Å². The molecule has 1 saturated heterocycles. The van der Waals surface area contributed by atoms with E-state index < -0.39 is 159 Å². The molecule has 27 heteroatoms. The molecule has 1 aliphatic rings. The van der Waals surface area contributed by atoms with E-state index in [2.05, 4.69) is 54.8 Å². The van der Waals surface area contributed by atoms with Gasteiger partial charge in [0.15, 0.2) is 0 Å². The normalized spacial score (nSPS) is 22.4. The van der Waals surface area contributed by atoms with Crippen molar-refractivity contribution in [2.75, 3.05) is 26.3 Å². The van der Waals surface area contributed by atoms with Gasteiger partial charge in [-0.05, 0) is 24.1 Å². The number of carbonyl (C=O) groups is 12. The minimum absolute atomic E-state index is 0.0912. The maximum absolute atomic E-state index is 13.9. The molecule has 0 saturated carbocycles. The lowest BCUT2D eigenvalue weighted by molar-refractivity contribution is -0.137. The zero-order valence-electron chi connectivity index (χ0n) is 40.3. The molecule has 0 aromatic heterocycles. The molecule has 12 amide bonds. The molecule has 27 nitrogen and oxygen atoms in total. The van der Waals surface area contributed by atoms with Gasteiger partial charge in [-0.3, -0.25) is 57.5 Å². The van der Waals surface area contributed by atoms with Gasteiger partial charge in [-0.1, -0.05) is 76.8 Å². The maximum Gasteiger partial charge on any atom is 0.245 e. The third kappa shape index (κ3) is 23.5. The first-order valence-corrected chi connectivity index (χ1v) is 23.7. The minimum Gasteiger partial charge on any atom is -0.508 e. The number of hydrogen-bond acceptors (Lipinski definition) is 15. The van der Waals surface area contributed by atoms with Crippen LogP contribution in [0.15, 0.2) is 24.3 Å². The van der Waals surface area contributed by atoms with Crippen LogP contribution in [0, 0.1) is 0 Å². The summed E-state index contributed by atoms with van der Waals surface area (Å²) in [5.74, 6) is -14.2. The predicted molar refractivity (Wildman–Crippen MR) is 253 cm³/mol. The zero-order valence-corrected chi connectivity index (χ0v) is 40.3. The molecule has 18 N–H and O–H groups in total. The van der Waals surface area contributed by atoms with Crippen molar-refractivity contribution in [1.29, 1.82) is 0 Å². The Morgan fingerprint density at radius 1 is 0.528 bits per heavy atom. The quantitative estimate of drug-likeness (QED) is 0.0482. The van der Waals surface area contributed by atoms with E-state index in [0.717, 1.165) is 44.9 Å². The van der Waals surface area contributed by atoms with Crippen LogP contribution in [0.3, 0.4) is 0 Å². The SMILES string of the molecule is CCCCCCCCCCCCNC(=O)[C@@H]1CC(=O)N[C@H](CO)C(=O)N[C@H](Cc2ccc(O)cc2)C(=O)N[C@H](CC(N)=O)C(=O)NCC(=O)N[C@@H](CC(N)=O)C(=O)N[C@@H](CO)C(=O)N[C@H](CC(N)=O)C(=O)N1. The third-order valence-electron chi connectivity index (χ3n) is 11.1. The third-order valence-corrected chi connectivity index (χ3v) is 11.1. The predicted octanol–water partition coefficient (Wildman–Crippen LogP) is -5.50. The number of phenolic OH excluding ortho intramolecular Hbond substituents is 1. The van der Waals surface area contributed by atoms with Crippen LogP contribution in [-0.2, 0) is 64.0 Å². The summed E-state index contributed by atoms with van der Waals surface area (Å²) in [7, 11) is 0. The standard InChI is InChI=1S/C45H70N12O15/c1-2-3-4-5-6-7-8-9-10-11-16-49-39(66)31-21-37(64)52-32(23-58)44(71)53-27(17-25-12-14-26(60)15-13-25)41(68)54-28(18-34(46)61)40(67)50-22-38(65)51-29(19-35(47)62)42(69)57-33(24-59)45(72)55-30(20-36(48)63)43(70)56-31/h12-15,27-33,58-60H,2-11,16-24H2,1H3,(H2,46,61)(H2,47,62)(H2,48,63)(H,49,66)(H,50,67)(H,51,65)(H,52,64)(H,53,71)(H,54,68)(H,55,72)(H,56,70)(H,57,69)/t27-,28-,29+,30-,31+,32-,33+/m1/s1. The van der Waals surface area contributed by atoms with Crippen LogP contribution in [0.25, 0.3) is 0 Å². The number of nitrogens with two attached hydrogens (primary N) is 3. The van der Waals surface area contributed by atoms with Crippen LogP contribution in [-0.4, -0.2) is 155 Å².